The molecule has 1 aliphatic carbocycles. The lowest BCUT2D eigenvalue weighted by Gasteiger charge is -2.26. The molecular weight excluding hydrogens is 292 g/mol. The molecule has 1 aliphatic rings. The molecule has 1 N–H and O–H groups in total. The number of phenolic OH excluding ortho intramolecular Hbond substituents is 1. The molecule has 0 unspecified atom stereocenters. The Balaban J connectivity index is 0.000000671. The van der Waals surface area contributed by atoms with Gasteiger partial charge in [0.05, 0.1) is 0 Å². The second-order valence-corrected chi connectivity index (χ2v) is 6.13. The van der Waals surface area contributed by atoms with Crippen molar-refractivity contribution in [3.8, 4) is 16.9 Å². The van der Waals surface area contributed by atoms with Gasteiger partial charge in [-0.25, -0.2) is 0 Å². The Bertz CT molecular complexity index is 546. The van der Waals surface area contributed by atoms with Crippen molar-refractivity contribution in [2.45, 2.75) is 66.2 Å². The maximum atomic E-state index is 9.34. The quantitative estimate of drug-likeness (QED) is 0.609. The molecule has 0 heterocycles. The summed E-state index contributed by atoms with van der Waals surface area (Å²) in [5.41, 5.74) is 3.86. The van der Waals surface area contributed by atoms with Crippen LogP contribution in [0.15, 0.2) is 48.5 Å². The molecule has 0 amide bonds. The summed E-state index contributed by atoms with van der Waals surface area (Å²) in [5, 5.41) is 9.34. The van der Waals surface area contributed by atoms with Gasteiger partial charge in [-0.1, -0.05) is 83.9 Å². The lowest BCUT2D eigenvalue weighted by molar-refractivity contribution is 0.348. The van der Waals surface area contributed by atoms with Gasteiger partial charge < -0.3 is 5.11 Å². The molecule has 132 valence electrons. The van der Waals surface area contributed by atoms with Gasteiger partial charge in [-0.2, -0.15) is 0 Å². The van der Waals surface area contributed by atoms with Crippen LogP contribution in [0, 0.1) is 5.92 Å². The zero-order chi connectivity index (χ0) is 17.9. The van der Waals surface area contributed by atoms with E-state index in [4.69, 9.17) is 0 Å². The Hall–Kier alpha value is -1.76. The summed E-state index contributed by atoms with van der Waals surface area (Å²) in [7, 11) is 0. The minimum atomic E-state index is 0.321. The Morgan fingerprint density at radius 1 is 0.667 bits per heavy atom. The van der Waals surface area contributed by atoms with Crippen LogP contribution in [0.25, 0.3) is 11.1 Å². The van der Waals surface area contributed by atoms with E-state index in [-0.39, 0.29) is 0 Å². The van der Waals surface area contributed by atoms with Gasteiger partial charge in [0.15, 0.2) is 0 Å². The first-order valence-electron chi connectivity index (χ1n) is 9.62. The Morgan fingerprint density at radius 3 is 1.54 bits per heavy atom. The van der Waals surface area contributed by atoms with Crippen molar-refractivity contribution in [3.63, 3.8) is 0 Å². The van der Waals surface area contributed by atoms with Crippen LogP contribution in [0.2, 0.25) is 0 Å². The second kappa shape index (κ2) is 10.9. The number of hydrogen-bond donors (Lipinski definition) is 1. The molecule has 1 saturated carbocycles. The first-order valence-corrected chi connectivity index (χ1v) is 9.62. The highest BCUT2D eigenvalue weighted by atomic mass is 16.3. The third kappa shape index (κ3) is 5.70. The van der Waals surface area contributed by atoms with Gasteiger partial charge >= 0.3 is 0 Å². The lowest BCUT2D eigenvalue weighted by Crippen LogP contribution is -2.10. The van der Waals surface area contributed by atoms with Crippen molar-refractivity contribution in [1.29, 1.82) is 0 Å². The van der Waals surface area contributed by atoms with Crippen molar-refractivity contribution in [2.75, 3.05) is 0 Å². The molecule has 0 aromatic heterocycles. The number of benzene rings is 2. The van der Waals surface area contributed by atoms with Crippen LogP contribution in [-0.4, -0.2) is 5.11 Å². The van der Waals surface area contributed by atoms with Crippen LogP contribution in [0.4, 0.5) is 0 Å². The van der Waals surface area contributed by atoms with E-state index in [9.17, 15) is 5.11 Å². The number of aromatic hydroxyl groups is 1. The van der Waals surface area contributed by atoms with Gasteiger partial charge in [0.1, 0.15) is 5.75 Å². The molecule has 24 heavy (non-hydrogen) atoms. The van der Waals surface area contributed by atoms with Gasteiger partial charge in [0.25, 0.3) is 0 Å². The van der Waals surface area contributed by atoms with Crippen LogP contribution in [-0.2, 0) is 0 Å². The van der Waals surface area contributed by atoms with Crippen LogP contribution in [0.1, 0.15) is 71.8 Å². The Labute approximate surface area is 148 Å². The average molecular weight is 327 g/mol. The summed E-state index contributed by atoms with van der Waals surface area (Å²) in [6.45, 7) is 10.4. The average Bonchev–Trinajstić information content (AvgIpc) is 2.66. The molecular formula is C23H34O. The Morgan fingerprint density at radius 2 is 1.08 bits per heavy atom. The van der Waals surface area contributed by atoms with Gasteiger partial charge in [0, 0.05) is 0 Å². The molecule has 2 aromatic carbocycles. The summed E-state index contributed by atoms with van der Waals surface area (Å²) < 4.78 is 0. The van der Waals surface area contributed by atoms with E-state index in [1.165, 1.54) is 36.8 Å². The Kier molecular flexibility index (Phi) is 9.22. The number of hydrogen-bond acceptors (Lipinski definition) is 1. The molecule has 0 saturated heterocycles. The van der Waals surface area contributed by atoms with Crippen molar-refractivity contribution < 1.29 is 5.11 Å². The zero-order valence-electron chi connectivity index (χ0n) is 16.0. The molecule has 2 aromatic rings. The number of phenols is 1. The normalized spacial score (nSPS) is 19.4. The van der Waals surface area contributed by atoms with Crippen LogP contribution >= 0.6 is 0 Å². The summed E-state index contributed by atoms with van der Waals surface area (Å²) in [5.74, 6) is 1.98. The van der Waals surface area contributed by atoms with E-state index in [0.29, 0.717) is 5.75 Å². The van der Waals surface area contributed by atoms with E-state index < -0.39 is 0 Å². The molecule has 1 fully saturated rings. The minimum Gasteiger partial charge on any atom is -0.508 e. The molecule has 0 spiro atoms. The molecule has 0 aliphatic heterocycles. The second-order valence-electron chi connectivity index (χ2n) is 6.13. The smallest absolute Gasteiger partial charge is 0.115 e. The van der Waals surface area contributed by atoms with Gasteiger partial charge in [-0.05, 0) is 53.5 Å². The van der Waals surface area contributed by atoms with E-state index in [0.717, 1.165) is 17.4 Å². The topological polar surface area (TPSA) is 20.2 Å². The largest absolute Gasteiger partial charge is 0.508 e. The minimum absolute atomic E-state index is 0.321. The first-order chi connectivity index (χ1) is 11.7. The monoisotopic (exact) mass is 326 g/mol. The first kappa shape index (κ1) is 20.3. The fraction of sp³-hybridized carbons (Fsp3) is 0.478. The van der Waals surface area contributed by atoms with Crippen molar-refractivity contribution in [1.82, 2.24) is 0 Å². The van der Waals surface area contributed by atoms with E-state index in [1.807, 2.05) is 39.8 Å². The molecule has 0 bridgehead atoms. The van der Waals surface area contributed by atoms with Gasteiger partial charge in [0.2, 0.25) is 0 Å². The fourth-order valence-electron chi connectivity index (χ4n) is 3.20. The van der Waals surface area contributed by atoms with E-state index in [1.54, 1.807) is 12.1 Å². The van der Waals surface area contributed by atoms with Crippen LogP contribution < -0.4 is 0 Å². The van der Waals surface area contributed by atoms with Crippen LogP contribution in [0.3, 0.4) is 0 Å². The predicted octanol–water partition coefficient (Wildman–Crippen LogP) is 7.41. The standard InChI is InChI=1S/C19H22O.2C2H6/c1-14-2-4-15(5-3-14)16-6-8-17(9-7-16)18-10-12-19(20)13-11-18;2*1-2/h6-15,20H,2-5H2,1H3;2*1-2H3. The number of rotatable bonds is 2. The third-order valence-corrected chi connectivity index (χ3v) is 4.60. The maximum Gasteiger partial charge on any atom is 0.115 e. The molecule has 1 heteroatoms. The lowest BCUT2D eigenvalue weighted by atomic mass is 9.79. The molecule has 0 radical (unpaired) electrons. The molecule has 1 nitrogen and oxygen atoms in total. The SMILES string of the molecule is CC.CC.CC1CCC(c2ccc(-c3ccc(O)cc3)cc2)CC1. The van der Waals surface area contributed by atoms with Crippen molar-refractivity contribution in [3.05, 3.63) is 54.1 Å². The molecule has 3 rings (SSSR count). The summed E-state index contributed by atoms with van der Waals surface area (Å²) >= 11 is 0. The highest BCUT2D eigenvalue weighted by Crippen LogP contribution is 2.36. The van der Waals surface area contributed by atoms with Crippen LogP contribution in [0.5, 0.6) is 5.75 Å². The summed E-state index contributed by atoms with van der Waals surface area (Å²) in [6, 6.07) is 16.4. The van der Waals surface area contributed by atoms with E-state index in [2.05, 4.69) is 31.2 Å². The predicted molar refractivity (Wildman–Crippen MR) is 107 cm³/mol. The zero-order valence-corrected chi connectivity index (χ0v) is 16.0. The van der Waals surface area contributed by atoms with Gasteiger partial charge in [-0.3, -0.25) is 0 Å². The van der Waals surface area contributed by atoms with E-state index >= 15 is 0 Å². The summed E-state index contributed by atoms with van der Waals surface area (Å²) in [6.07, 6.45) is 5.40. The van der Waals surface area contributed by atoms with Crippen molar-refractivity contribution in [2.24, 2.45) is 5.92 Å². The molecule has 0 atom stereocenters. The van der Waals surface area contributed by atoms with Gasteiger partial charge in [-0.15, -0.1) is 0 Å². The third-order valence-electron chi connectivity index (χ3n) is 4.60. The fourth-order valence-corrected chi connectivity index (χ4v) is 3.20. The maximum absolute atomic E-state index is 9.34. The van der Waals surface area contributed by atoms with Crippen molar-refractivity contribution >= 4 is 0 Å². The highest BCUT2D eigenvalue weighted by Gasteiger charge is 2.19. The highest BCUT2D eigenvalue weighted by molar-refractivity contribution is 5.64. The summed E-state index contributed by atoms with van der Waals surface area (Å²) in [4.78, 5) is 0.